The third kappa shape index (κ3) is 3.18. The second-order valence-electron chi connectivity index (χ2n) is 5.50. The minimum atomic E-state index is -0.649. The maximum atomic E-state index is 12.7. The molecular weight excluding hydrogens is 221 g/mol. The van der Waals surface area contributed by atoms with Crippen LogP contribution in [-0.4, -0.2) is 41.8 Å². The molecule has 3 nitrogen and oxygen atoms in total. The van der Waals surface area contributed by atoms with Crippen molar-refractivity contribution >= 4 is 5.97 Å². The van der Waals surface area contributed by atoms with Gasteiger partial charge in [-0.05, 0) is 45.1 Å². The molecule has 17 heavy (non-hydrogen) atoms. The van der Waals surface area contributed by atoms with Crippen LogP contribution in [0, 0.1) is 11.8 Å². The zero-order valence-corrected chi connectivity index (χ0v) is 10.3. The Bertz CT molecular complexity index is 264. The van der Waals surface area contributed by atoms with Gasteiger partial charge in [-0.1, -0.05) is 0 Å². The maximum Gasteiger partial charge on any atom is 0.306 e. The molecule has 1 N–H and O–H groups in total. The van der Waals surface area contributed by atoms with E-state index in [1.54, 1.807) is 0 Å². The summed E-state index contributed by atoms with van der Waals surface area (Å²) < 4.78 is 12.7. The number of nitrogens with zero attached hydrogens (tertiary/aromatic N) is 1. The van der Waals surface area contributed by atoms with Crippen molar-refractivity contribution in [1.82, 2.24) is 4.90 Å². The minimum absolute atomic E-state index is 0.145. The smallest absolute Gasteiger partial charge is 0.306 e. The van der Waals surface area contributed by atoms with E-state index >= 15 is 0 Å². The monoisotopic (exact) mass is 243 g/mol. The number of hydrogen-bond donors (Lipinski definition) is 1. The van der Waals surface area contributed by atoms with Crippen LogP contribution in [0.15, 0.2) is 0 Å². The van der Waals surface area contributed by atoms with Crippen LogP contribution in [0.1, 0.15) is 38.5 Å². The predicted molar refractivity (Wildman–Crippen MR) is 63.7 cm³/mol. The molecule has 2 fully saturated rings. The number of likely N-dealkylation sites (tertiary alicyclic amines) is 1. The van der Waals surface area contributed by atoms with Crippen LogP contribution in [0.2, 0.25) is 0 Å². The molecule has 0 aromatic rings. The second kappa shape index (κ2) is 5.80. The Morgan fingerprint density at radius 1 is 1.24 bits per heavy atom. The average molecular weight is 243 g/mol. The first-order chi connectivity index (χ1) is 8.20. The molecule has 0 bridgehead atoms. The quantitative estimate of drug-likeness (QED) is 0.827. The van der Waals surface area contributed by atoms with Crippen molar-refractivity contribution in [3.63, 3.8) is 0 Å². The van der Waals surface area contributed by atoms with E-state index < -0.39 is 5.97 Å². The van der Waals surface area contributed by atoms with Gasteiger partial charge in [0.05, 0.1) is 12.6 Å². The molecule has 2 rings (SSSR count). The fourth-order valence-corrected chi connectivity index (χ4v) is 3.24. The van der Waals surface area contributed by atoms with Gasteiger partial charge in [-0.3, -0.25) is 9.18 Å². The van der Waals surface area contributed by atoms with Gasteiger partial charge < -0.3 is 10.0 Å². The maximum absolute atomic E-state index is 12.7. The van der Waals surface area contributed by atoms with Crippen molar-refractivity contribution in [2.45, 2.75) is 44.6 Å². The first-order valence-corrected chi connectivity index (χ1v) is 6.73. The molecule has 4 heteroatoms. The Balaban J connectivity index is 1.81. The summed E-state index contributed by atoms with van der Waals surface area (Å²) in [4.78, 5) is 13.3. The molecule has 0 aromatic heterocycles. The summed E-state index contributed by atoms with van der Waals surface area (Å²) >= 11 is 0. The molecule has 1 heterocycles. The summed E-state index contributed by atoms with van der Waals surface area (Å²) in [6.45, 7) is 1.73. The number of hydrogen-bond acceptors (Lipinski definition) is 2. The van der Waals surface area contributed by atoms with Crippen molar-refractivity contribution in [3.8, 4) is 0 Å². The van der Waals surface area contributed by atoms with Crippen LogP contribution in [0.25, 0.3) is 0 Å². The lowest BCUT2D eigenvalue weighted by molar-refractivity contribution is -0.143. The zero-order valence-electron chi connectivity index (χ0n) is 10.3. The average Bonchev–Trinajstić information content (AvgIpc) is 2.39. The molecular formula is C13H22FNO2. The van der Waals surface area contributed by atoms with E-state index in [-0.39, 0.29) is 18.5 Å². The molecule has 0 aromatic carbocycles. The highest BCUT2D eigenvalue weighted by Crippen LogP contribution is 2.30. The molecule has 1 aliphatic heterocycles. The normalized spacial score (nSPS) is 35.7. The van der Waals surface area contributed by atoms with Crippen molar-refractivity contribution in [2.75, 3.05) is 19.8 Å². The zero-order chi connectivity index (χ0) is 12.3. The topological polar surface area (TPSA) is 40.5 Å². The van der Waals surface area contributed by atoms with Crippen molar-refractivity contribution in [3.05, 3.63) is 0 Å². The number of carbonyl (C=O) groups is 1. The Morgan fingerprint density at radius 2 is 1.94 bits per heavy atom. The molecule has 0 amide bonds. The van der Waals surface area contributed by atoms with Gasteiger partial charge in [0.15, 0.2) is 0 Å². The summed E-state index contributed by atoms with van der Waals surface area (Å²) in [6, 6.07) is 0.500. The SMILES string of the molecule is O=C(O)C1CCC(N2CCC[C@H](CF)C2)CC1. The van der Waals surface area contributed by atoms with Crippen LogP contribution in [0.4, 0.5) is 4.39 Å². The van der Waals surface area contributed by atoms with Crippen molar-refractivity contribution in [2.24, 2.45) is 11.8 Å². The van der Waals surface area contributed by atoms with Gasteiger partial charge in [-0.25, -0.2) is 0 Å². The van der Waals surface area contributed by atoms with E-state index in [1.807, 2.05) is 0 Å². The predicted octanol–water partition coefficient (Wildman–Crippen LogP) is 2.31. The van der Waals surface area contributed by atoms with E-state index in [1.165, 1.54) is 0 Å². The number of piperidine rings is 1. The highest BCUT2D eigenvalue weighted by Gasteiger charge is 2.31. The van der Waals surface area contributed by atoms with Gasteiger partial charge in [0.2, 0.25) is 0 Å². The Kier molecular flexibility index (Phi) is 4.37. The van der Waals surface area contributed by atoms with E-state index in [4.69, 9.17) is 5.11 Å². The molecule has 0 unspecified atom stereocenters. The molecule has 98 valence electrons. The van der Waals surface area contributed by atoms with Gasteiger partial charge in [-0.15, -0.1) is 0 Å². The van der Waals surface area contributed by atoms with Crippen LogP contribution >= 0.6 is 0 Å². The Hall–Kier alpha value is -0.640. The third-order valence-electron chi connectivity index (χ3n) is 4.33. The molecule has 0 radical (unpaired) electrons. The van der Waals surface area contributed by atoms with Crippen LogP contribution in [0.3, 0.4) is 0 Å². The molecule has 0 spiro atoms. The second-order valence-corrected chi connectivity index (χ2v) is 5.50. The van der Waals surface area contributed by atoms with E-state index in [0.717, 1.165) is 51.6 Å². The highest BCUT2D eigenvalue weighted by molar-refractivity contribution is 5.70. The number of halogens is 1. The van der Waals surface area contributed by atoms with E-state index in [2.05, 4.69) is 4.90 Å². The summed E-state index contributed by atoms with van der Waals surface area (Å²) in [7, 11) is 0. The van der Waals surface area contributed by atoms with Crippen LogP contribution in [0.5, 0.6) is 0 Å². The van der Waals surface area contributed by atoms with Crippen LogP contribution in [-0.2, 0) is 4.79 Å². The first-order valence-electron chi connectivity index (χ1n) is 6.73. The molecule has 1 saturated heterocycles. The Labute approximate surface area is 102 Å². The van der Waals surface area contributed by atoms with Crippen LogP contribution < -0.4 is 0 Å². The molecule has 1 atom stereocenters. The van der Waals surface area contributed by atoms with Gasteiger partial charge in [-0.2, -0.15) is 0 Å². The van der Waals surface area contributed by atoms with Crippen molar-refractivity contribution < 1.29 is 14.3 Å². The van der Waals surface area contributed by atoms with Gasteiger partial charge >= 0.3 is 5.97 Å². The molecule has 2 aliphatic rings. The van der Waals surface area contributed by atoms with Crippen molar-refractivity contribution in [1.29, 1.82) is 0 Å². The van der Waals surface area contributed by atoms with Gasteiger partial charge in [0.25, 0.3) is 0 Å². The van der Waals surface area contributed by atoms with E-state index in [0.29, 0.717) is 6.04 Å². The number of rotatable bonds is 3. The number of alkyl halides is 1. The lowest BCUT2D eigenvalue weighted by Gasteiger charge is -2.40. The van der Waals surface area contributed by atoms with Gasteiger partial charge in [0.1, 0.15) is 0 Å². The fraction of sp³-hybridized carbons (Fsp3) is 0.923. The largest absolute Gasteiger partial charge is 0.481 e. The summed E-state index contributed by atoms with van der Waals surface area (Å²) in [6.07, 6.45) is 5.62. The molecule has 1 saturated carbocycles. The molecule has 1 aliphatic carbocycles. The number of carboxylic acids is 1. The Morgan fingerprint density at radius 3 is 2.53 bits per heavy atom. The van der Waals surface area contributed by atoms with Gasteiger partial charge in [0, 0.05) is 18.5 Å². The lowest BCUT2D eigenvalue weighted by atomic mass is 9.84. The highest BCUT2D eigenvalue weighted by atomic mass is 19.1. The summed E-state index contributed by atoms with van der Waals surface area (Å²) in [5, 5.41) is 8.95. The number of aliphatic carboxylic acids is 1. The minimum Gasteiger partial charge on any atom is -0.481 e. The number of carboxylic acid groups (broad SMARTS) is 1. The summed E-state index contributed by atoms with van der Waals surface area (Å²) in [5.74, 6) is -0.585. The van der Waals surface area contributed by atoms with E-state index in [9.17, 15) is 9.18 Å². The lowest BCUT2D eigenvalue weighted by Crippen LogP contribution is -2.45. The third-order valence-corrected chi connectivity index (χ3v) is 4.33. The summed E-state index contributed by atoms with van der Waals surface area (Å²) in [5.41, 5.74) is 0. The first kappa shape index (κ1) is 12.8. The fourth-order valence-electron chi connectivity index (χ4n) is 3.24. The standard InChI is InChI=1S/C13H22FNO2/c14-8-10-2-1-7-15(9-10)12-5-3-11(4-6-12)13(16)17/h10-12H,1-9H2,(H,16,17)/t10-,11?,12?/m1/s1.